The van der Waals surface area contributed by atoms with Crippen molar-refractivity contribution >= 4 is 21.8 Å². The zero-order chi connectivity index (χ0) is 12.1. The summed E-state index contributed by atoms with van der Waals surface area (Å²) in [7, 11) is 1.64. The van der Waals surface area contributed by atoms with Gasteiger partial charge in [-0.25, -0.2) is 0 Å². The van der Waals surface area contributed by atoms with Gasteiger partial charge in [-0.2, -0.15) is 0 Å². The van der Waals surface area contributed by atoms with Crippen LogP contribution in [0.1, 0.15) is 18.1 Å². The molecule has 0 saturated carbocycles. The Morgan fingerprint density at radius 2 is 2.19 bits per heavy atom. The molecule has 0 aromatic heterocycles. The minimum Gasteiger partial charge on any atom is -0.358 e. The van der Waals surface area contributed by atoms with Gasteiger partial charge in [0.15, 0.2) is 0 Å². The largest absolute Gasteiger partial charge is 0.358 e. The van der Waals surface area contributed by atoms with Gasteiger partial charge in [0.25, 0.3) is 0 Å². The van der Waals surface area contributed by atoms with Crippen molar-refractivity contribution < 1.29 is 4.79 Å². The van der Waals surface area contributed by atoms with E-state index in [9.17, 15) is 4.79 Å². The second-order valence-corrected chi connectivity index (χ2v) is 4.65. The van der Waals surface area contributed by atoms with Crippen molar-refractivity contribution in [2.24, 2.45) is 0 Å². The van der Waals surface area contributed by atoms with Crippen molar-refractivity contribution in [1.82, 2.24) is 10.6 Å². The summed E-state index contributed by atoms with van der Waals surface area (Å²) in [4.78, 5) is 11.3. The zero-order valence-electron chi connectivity index (χ0n) is 9.80. The quantitative estimate of drug-likeness (QED) is 0.888. The number of nitrogens with one attached hydrogen (secondary N) is 2. The number of benzene rings is 1. The molecule has 1 amide bonds. The van der Waals surface area contributed by atoms with Crippen molar-refractivity contribution in [1.29, 1.82) is 0 Å². The number of halogens is 1. The van der Waals surface area contributed by atoms with Gasteiger partial charge >= 0.3 is 0 Å². The lowest BCUT2D eigenvalue weighted by Crippen LogP contribution is -2.40. The Balaban J connectivity index is 2.55. The second kappa shape index (κ2) is 6.01. The number of carbonyl (C=O) groups excluding carboxylic acids is 1. The first-order valence-corrected chi connectivity index (χ1v) is 6.04. The third-order valence-electron chi connectivity index (χ3n) is 2.47. The molecule has 0 fully saturated rings. The predicted octanol–water partition coefficient (Wildman–Crippen LogP) is 1.98. The van der Waals surface area contributed by atoms with E-state index in [4.69, 9.17) is 0 Å². The van der Waals surface area contributed by atoms with E-state index < -0.39 is 0 Å². The number of carbonyl (C=O) groups is 1. The van der Waals surface area contributed by atoms with Crippen LogP contribution in [0.4, 0.5) is 0 Å². The molecule has 1 atom stereocenters. The fourth-order valence-corrected chi connectivity index (χ4v) is 1.64. The molecule has 1 aromatic rings. The van der Waals surface area contributed by atoms with Gasteiger partial charge in [-0.3, -0.25) is 4.79 Å². The maximum Gasteiger partial charge on any atom is 0.236 e. The Kier molecular flexibility index (Phi) is 4.96. The molecule has 16 heavy (non-hydrogen) atoms. The first kappa shape index (κ1) is 13.2. The van der Waals surface area contributed by atoms with E-state index in [0.717, 1.165) is 4.47 Å². The van der Waals surface area contributed by atoms with Crippen LogP contribution in [-0.4, -0.2) is 19.0 Å². The Bertz CT molecular complexity index is 379. The first-order chi connectivity index (χ1) is 7.54. The third kappa shape index (κ3) is 3.61. The fraction of sp³-hybridized carbons (Fsp3) is 0.417. The van der Waals surface area contributed by atoms with Crippen molar-refractivity contribution in [3.05, 3.63) is 33.8 Å². The summed E-state index contributed by atoms with van der Waals surface area (Å²) in [5.74, 6) is 0.00818. The van der Waals surface area contributed by atoms with Crippen LogP contribution in [0, 0.1) is 6.92 Å². The summed E-state index contributed by atoms with van der Waals surface area (Å²) in [6.07, 6.45) is 0. The fourth-order valence-electron chi connectivity index (χ4n) is 1.40. The van der Waals surface area contributed by atoms with E-state index in [-0.39, 0.29) is 11.9 Å². The van der Waals surface area contributed by atoms with Gasteiger partial charge < -0.3 is 10.6 Å². The molecule has 0 saturated heterocycles. The highest BCUT2D eigenvalue weighted by molar-refractivity contribution is 9.10. The van der Waals surface area contributed by atoms with Gasteiger partial charge in [0.2, 0.25) is 5.91 Å². The molecule has 0 heterocycles. The molecule has 3 nitrogen and oxygen atoms in total. The Morgan fingerprint density at radius 3 is 2.75 bits per heavy atom. The Hall–Kier alpha value is -0.870. The predicted molar refractivity (Wildman–Crippen MR) is 69.2 cm³/mol. The van der Waals surface area contributed by atoms with Gasteiger partial charge in [0, 0.05) is 18.1 Å². The lowest BCUT2D eigenvalue weighted by atomic mass is 10.1. The van der Waals surface area contributed by atoms with Crippen LogP contribution in [0.15, 0.2) is 22.7 Å². The number of hydrogen-bond donors (Lipinski definition) is 2. The van der Waals surface area contributed by atoms with Gasteiger partial charge in [0.05, 0.1) is 6.04 Å². The average Bonchev–Trinajstić information content (AvgIpc) is 2.29. The van der Waals surface area contributed by atoms with Crippen LogP contribution < -0.4 is 10.6 Å². The average molecular weight is 285 g/mol. The van der Waals surface area contributed by atoms with E-state index >= 15 is 0 Å². The molecule has 0 aliphatic rings. The Morgan fingerprint density at radius 1 is 1.50 bits per heavy atom. The second-order valence-electron chi connectivity index (χ2n) is 3.80. The van der Waals surface area contributed by atoms with Gasteiger partial charge in [-0.15, -0.1) is 0 Å². The number of aryl methyl sites for hydroxylation is 1. The topological polar surface area (TPSA) is 41.1 Å². The van der Waals surface area contributed by atoms with Gasteiger partial charge in [-0.05, 0) is 31.0 Å². The minimum atomic E-state index is -0.172. The normalized spacial score (nSPS) is 12.2. The highest BCUT2D eigenvalue weighted by Crippen LogP contribution is 2.16. The SMILES string of the molecule is CNC(=O)C(C)NCc1ccc(Br)c(C)c1. The molecular weight excluding hydrogens is 268 g/mol. The summed E-state index contributed by atoms with van der Waals surface area (Å²) in [6.45, 7) is 4.60. The first-order valence-electron chi connectivity index (χ1n) is 5.24. The van der Waals surface area contributed by atoms with Crippen molar-refractivity contribution in [2.45, 2.75) is 26.4 Å². The van der Waals surface area contributed by atoms with E-state index in [2.05, 4.69) is 39.6 Å². The monoisotopic (exact) mass is 284 g/mol. The highest BCUT2D eigenvalue weighted by Gasteiger charge is 2.09. The van der Waals surface area contributed by atoms with Crippen LogP contribution >= 0.6 is 15.9 Å². The highest BCUT2D eigenvalue weighted by atomic mass is 79.9. The maximum atomic E-state index is 11.3. The van der Waals surface area contributed by atoms with Crippen LogP contribution in [0.3, 0.4) is 0 Å². The van der Waals surface area contributed by atoms with Gasteiger partial charge in [-0.1, -0.05) is 28.1 Å². The van der Waals surface area contributed by atoms with Crippen molar-refractivity contribution in [2.75, 3.05) is 7.05 Å². The van der Waals surface area contributed by atoms with Crippen molar-refractivity contribution in [3.63, 3.8) is 0 Å². The lowest BCUT2D eigenvalue weighted by molar-refractivity contribution is -0.122. The smallest absolute Gasteiger partial charge is 0.236 e. The molecular formula is C12H17BrN2O. The molecule has 2 N–H and O–H groups in total. The number of likely N-dealkylation sites (N-methyl/N-ethyl adjacent to an activating group) is 1. The number of rotatable bonds is 4. The summed E-state index contributed by atoms with van der Waals surface area (Å²) in [5, 5.41) is 5.78. The van der Waals surface area contributed by atoms with E-state index in [1.165, 1.54) is 11.1 Å². The van der Waals surface area contributed by atoms with Crippen molar-refractivity contribution in [3.8, 4) is 0 Å². The summed E-state index contributed by atoms with van der Waals surface area (Å²) in [6, 6.07) is 6.00. The summed E-state index contributed by atoms with van der Waals surface area (Å²) >= 11 is 3.46. The maximum absolute atomic E-state index is 11.3. The molecule has 1 rings (SSSR count). The summed E-state index contributed by atoms with van der Waals surface area (Å²) < 4.78 is 1.11. The van der Waals surface area contributed by atoms with Crippen LogP contribution in [0.25, 0.3) is 0 Å². The van der Waals surface area contributed by atoms with Gasteiger partial charge in [0.1, 0.15) is 0 Å². The number of hydrogen-bond acceptors (Lipinski definition) is 2. The molecule has 0 bridgehead atoms. The molecule has 4 heteroatoms. The third-order valence-corrected chi connectivity index (χ3v) is 3.36. The zero-order valence-corrected chi connectivity index (χ0v) is 11.4. The molecule has 0 aliphatic heterocycles. The minimum absolute atomic E-state index is 0.00818. The van der Waals surface area contributed by atoms with E-state index in [1.807, 2.05) is 19.1 Å². The van der Waals surface area contributed by atoms with Crippen LogP contribution in [-0.2, 0) is 11.3 Å². The molecule has 1 unspecified atom stereocenters. The van der Waals surface area contributed by atoms with E-state index in [1.54, 1.807) is 7.05 Å². The lowest BCUT2D eigenvalue weighted by Gasteiger charge is -2.12. The van der Waals surface area contributed by atoms with Crippen LogP contribution in [0.2, 0.25) is 0 Å². The molecule has 0 spiro atoms. The molecule has 0 radical (unpaired) electrons. The summed E-state index contributed by atoms with van der Waals surface area (Å²) in [5.41, 5.74) is 2.38. The standard InChI is InChI=1S/C12H17BrN2O/c1-8-6-10(4-5-11(8)13)7-15-9(2)12(16)14-3/h4-6,9,15H,7H2,1-3H3,(H,14,16). The van der Waals surface area contributed by atoms with Crippen LogP contribution in [0.5, 0.6) is 0 Å². The molecule has 0 aliphatic carbocycles. The van der Waals surface area contributed by atoms with E-state index in [0.29, 0.717) is 6.54 Å². The Labute approximate surface area is 105 Å². The number of amides is 1. The molecule has 88 valence electrons. The molecule has 1 aromatic carbocycles.